The lowest BCUT2D eigenvalue weighted by Crippen LogP contribution is -2.61. The van der Waals surface area contributed by atoms with Crippen molar-refractivity contribution < 1.29 is 0 Å². The normalized spacial score (nSPS) is 26.5. The summed E-state index contributed by atoms with van der Waals surface area (Å²) >= 11 is 0. The van der Waals surface area contributed by atoms with Crippen molar-refractivity contribution >= 4 is 22.7 Å². The zero-order chi connectivity index (χ0) is 13.0. The maximum Gasteiger partial charge on any atom is 0.228 e. The van der Waals surface area contributed by atoms with Gasteiger partial charge in [0.05, 0.1) is 11.6 Å². The topological polar surface area (TPSA) is 58.3 Å². The molecule has 2 aliphatic heterocycles. The number of nitrogens with zero attached hydrogens (tertiary/aromatic N) is 4. The van der Waals surface area contributed by atoms with Crippen molar-refractivity contribution in [3.8, 4) is 0 Å². The molecule has 1 aromatic carbocycles. The summed E-state index contributed by atoms with van der Waals surface area (Å²) in [5, 5.41) is 0.937. The van der Waals surface area contributed by atoms with Gasteiger partial charge in [-0.3, -0.25) is 4.90 Å². The number of nitrogens with two attached hydrogens (primary N) is 1. The van der Waals surface area contributed by atoms with Gasteiger partial charge in [0, 0.05) is 24.5 Å². The van der Waals surface area contributed by atoms with Crippen molar-refractivity contribution in [3.63, 3.8) is 0 Å². The highest BCUT2D eigenvalue weighted by molar-refractivity contribution is 5.88. The third-order valence-electron chi connectivity index (χ3n) is 4.45. The van der Waals surface area contributed by atoms with Gasteiger partial charge >= 0.3 is 0 Å². The monoisotopic (exact) mass is 255 g/mol. The van der Waals surface area contributed by atoms with Gasteiger partial charge in [-0.25, -0.2) is 4.98 Å². The third kappa shape index (κ3) is 1.51. The van der Waals surface area contributed by atoms with Gasteiger partial charge in [0.2, 0.25) is 5.95 Å². The number of likely N-dealkylation sites (tertiary alicyclic amines) is 1. The van der Waals surface area contributed by atoms with Crippen molar-refractivity contribution in [3.05, 3.63) is 24.3 Å². The van der Waals surface area contributed by atoms with Gasteiger partial charge in [0.25, 0.3) is 0 Å². The Bertz CT molecular complexity index is 641. The third-order valence-corrected chi connectivity index (χ3v) is 4.45. The number of fused-ring (bicyclic) bond motifs is 2. The largest absolute Gasteiger partial charge is 0.383 e. The number of likely N-dealkylation sites (N-methyl/N-ethyl adjacent to an activating group) is 1. The maximum absolute atomic E-state index is 6.05. The Labute approximate surface area is 112 Å². The van der Waals surface area contributed by atoms with E-state index in [0.717, 1.165) is 29.9 Å². The molecule has 98 valence electrons. The summed E-state index contributed by atoms with van der Waals surface area (Å²) in [6, 6.07) is 9.14. The Morgan fingerprint density at radius 3 is 2.89 bits per heavy atom. The molecule has 2 saturated heterocycles. The van der Waals surface area contributed by atoms with Gasteiger partial charge in [-0.15, -0.1) is 0 Å². The van der Waals surface area contributed by atoms with E-state index >= 15 is 0 Å². The molecule has 0 unspecified atom stereocenters. The zero-order valence-corrected chi connectivity index (χ0v) is 11.0. The summed E-state index contributed by atoms with van der Waals surface area (Å²) in [6.45, 7) is 2.17. The smallest absolute Gasteiger partial charge is 0.228 e. The molecule has 0 saturated carbocycles. The van der Waals surface area contributed by atoms with E-state index in [4.69, 9.17) is 5.73 Å². The van der Waals surface area contributed by atoms with Crippen molar-refractivity contribution in [2.24, 2.45) is 0 Å². The van der Waals surface area contributed by atoms with E-state index in [-0.39, 0.29) is 0 Å². The van der Waals surface area contributed by atoms with Crippen LogP contribution in [0.3, 0.4) is 0 Å². The molecule has 0 spiro atoms. The molecule has 2 fully saturated rings. The molecule has 19 heavy (non-hydrogen) atoms. The Morgan fingerprint density at radius 2 is 2.05 bits per heavy atom. The molecule has 0 bridgehead atoms. The van der Waals surface area contributed by atoms with Crippen molar-refractivity contribution in [2.75, 3.05) is 30.8 Å². The number of hydrogen-bond donors (Lipinski definition) is 1. The van der Waals surface area contributed by atoms with Crippen LogP contribution < -0.4 is 10.6 Å². The minimum absolute atomic E-state index is 0.561. The van der Waals surface area contributed by atoms with Crippen LogP contribution >= 0.6 is 0 Å². The summed E-state index contributed by atoms with van der Waals surface area (Å²) in [5.41, 5.74) is 6.98. The molecule has 2 aromatic rings. The fourth-order valence-electron chi connectivity index (χ4n) is 3.26. The van der Waals surface area contributed by atoms with Gasteiger partial charge in [-0.2, -0.15) is 4.98 Å². The average molecular weight is 255 g/mol. The molecule has 3 heterocycles. The second kappa shape index (κ2) is 3.81. The van der Waals surface area contributed by atoms with Crippen LogP contribution in [0.4, 0.5) is 11.8 Å². The average Bonchev–Trinajstić information content (AvgIpc) is 2.64. The Kier molecular flexibility index (Phi) is 2.20. The Hall–Kier alpha value is -1.88. The molecule has 2 N–H and O–H groups in total. The number of aromatic nitrogens is 2. The van der Waals surface area contributed by atoms with Crippen LogP contribution in [-0.2, 0) is 0 Å². The minimum Gasteiger partial charge on any atom is -0.383 e. The highest BCUT2D eigenvalue weighted by atomic mass is 15.4. The fourth-order valence-corrected chi connectivity index (χ4v) is 3.26. The van der Waals surface area contributed by atoms with Gasteiger partial charge in [-0.1, -0.05) is 12.1 Å². The van der Waals surface area contributed by atoms with Crippen LogP contribution in [0.15, 0.2) is 24.3 Å². The number of para-hydroxylation sites is 1. The molecule has 1 aromatic heterocycles. The Morgan fingerprint density at radius 1 is 1.21 bits per heavy atom. The predicted octanol–water partition coefficient (Wildman–Crippen LogP) is 1.10. The molecule has 5 nitrogen and oxygen atoms in total. The minimum atomic E-state index is 0.561. The van der Waals surface area contributed by atoms with Crippen LogP contribution in [0.1, 0.15) is 6.42 Å². The first kappa shape index (κ1) is 11.0. The molecular formula is C14H17N5. The SMILES string of the molecule is CN1CC[C@@H]2[C@H]1CN2c1nc(N)c2ccccc2n1. The van der Waals surface area contributed by atoms with E-state index in [9.17, 15) is 0 Å². The zero-order valence-electron chi connectivity index (χ0n) is 11.0. The molecule has 2 aliphatic rings. The van der Waals surface area contributed by atoms with E-state index in [0.29, 0.717) is 17.9 Å². The number of rotatable bonds is 1. The number of nitrogen functional groups attached to an aromatic ring is 1. The molecule has 0 aliphatic carbocycles. The van der Waals surface area contributed by atoms with Gasteiger partial charge in [-0.05, 0) is 25.6 Å². The van der Waals surface area contributed by atoms with Gasteiger partial charge in [0.15, 0.2) is 0 Å². The number of anilines is 2. The predicted molar refractivity (Wildman–Crippen MR) is 76.1 cm³/mol. The first-order valence-electron chi connectivity index (χ1n) is 6.73. The number of benzene rings is 1. The van der Waals surface area contributed by atoms with Crippen LogP contribution in [-0.4, -0.2) is 47.1 Å². The fraction of sp³-hybridized carbons (Fsp3) is 0.429. The lowest BCUT2D eigenvalue weighted by atomic mass is 9.98. The van der Waals surface area contributed by atoms with Crippen LogP contribution in [0.5, 0.6) is 0 Å². The second-order valence-electron chi connectivity index (χ2n) is 5.48. The maximum atomic E-state index is 6.05. The summed E-state index contributed by atoms with van der Waals surface area (Å²) in [4.78, 5) is 13.9. The molecule has 4 rings (SSSR count). The van der Waals surface area contributed by atoms with Crippen molar-refractivity contribution in [1.29, 1.82) is 0 Å². The van der Waals surface area contributed by atoms with Crippen molar-refractivity contribution in [1.82, 2.24) is 14.9 Å². The van der Waals surface area contributed by atoms with E-state index in [1.807, 2.05) is 24.3 Å². The summed E-state index contributed by atoms with van der Waals surface area (Å²) in [5.74, 6) is 1.36. The summed E-state index contributed by atoms with van der Waals surface area (Å²) in [7, 11) is 2.19. The van der Waals surface area contributed by atoms with Crippen LogP contribution in [0.2, 0.25) is 0 Å². The van der Waals surface area contributed by atoms with Gasteiger partial charge < -0.3 is 10.6 Å². The van der Waals surface area contributed by atoms with E-state index < -0.39 is 0 Å². The molecule has 2 atom stereocenters. The van der Waals surface area contributed by atoms with Crippen LogP contribution in [0, 0.1) is 0 Å². The van der Waals surface area contributed by atoms with Crippen molar-refractivity contribution in [2.45, 2.75) is 18.5 Å². The molecule has 0 radical (unpaired) electrons. The van der Waals surface area contributed by atoms with Gasteiger partial charge in [0.1, 0.15) is 5.82 Å². The lowest BCUT2D eigenvalue weighted by molar-refractivity contribution is 0.240. The highest BCUT2D eigenvalue weighted by Crippen LogP contribution is 2.35. The summed E-state index contributed by atoms with van der Waals surface area (Å²) < 4.78 is 0. The lowest BCUT2D eigenvalue weighted by Gasteiger charge is -2.46. The van der Waals surface area contributed by atoms with E-state index in [1.54, 1.807) is 0 Å². The summed E-state index contributed by atoms with van der Waals surface area (Å²) in [6.07, 6.45) is 1.19. The highest BCUT2D eigenvalue weighted by Gasteiger charge is 2.46. The first-order chi connectivity index (χ1) is 9.24. The molecule has 0 amide bonds. The second-order valence-corrected chi connectivity index (χ2v) is 5.48. The molecule has 5 heteroatoms. The number of hydrogen-bond acceptors (Lipinski definition) is 5. The molecular weight excluding hydrogens is 238 g/mol. The van der Waals surface area contributed by atoms with Crippen LogP contribution in [0.25, 0.3) is 10.9 Å². The first-order valence-corrected chi connectivity index (χ1v) is 6.73. The quantitative estimate of drug-likeness (QED) is 0.827. The standard InChI is InChI=1S/C14H17N5/c1-18-7-6-11-12(18)8-19(11)14-16-10-5-3-2-4-9(10)13(15)17-14/h2-5,11-12H,6-8H2,1H3,(H2,15,16,17)/t11-,12-/m1/s1. The Balaban J connectivity index is 1.73. The van der Waals surface area contributed by atoms with E-state index in [1.165, 1.54) is 6.42 Å². The van der Waals surface area contributed by atoms with E-state index in [2.05, 4.69) is 26.8 Å².